The van der Waals surface area contributed by atoms with Gasteiger partial charge in [-0.25, -0.2) is 4.98 Å². The largest absolute Gasteiger partial charge is 0.494 e. The molecule has 4 nitrogen and oxygen atoms in total. The van der Waals surface area contributed by atoms with Gasteiger partial charge >= 0.3 is 0 Å². The Morgan fingerprint density at radius 2 is 2.14 bits per heavy atom. The van der Waals surface area contributed by atoms with Crippen molar-refractivity contribution in [1.29, 1.82) is 0 Å². The summed E-state index contributed by atoms with van der Waals surface area (Å²) in [6.45, 7) is 2.68. The smallest absolute Gasteiger partial charge is 0.207 e. The molecular weight excluding hydrogens is 262 g/mol. The van der Waals surface area contributed by atoms with Crippen LogP contribution < -0.4 is 10.1 Å². The molecule has 1 aromatic heterocycles. The van der Waals surface area contributed by atoms with Crippen molar-refractivity contribution in [3.8, 4) is 11.4 Å². The first kappa shape index (κ1) is 14.0. The van der Waals surface area contributed by atoms with E-state index in [4.69, 9.17) is 4.74 Å². The number of imidazole rings is 1. The third kappa shape index (κ3) is 3.38. The predicted molar refractivity (Wildman–Crippen MR) is 85.2 cm³/mol. The molecule has 4 heteroatoms. The summed E-state index contributed by atoms with van der Waals surface area (Å²) in [6, 6.07) is 8.69. The summed E-state index contributed by atoms with van der Waals surface area (Å²) in [5.41, 5.74) is 1.08. The maximum atomic E-state index is 5.58. The van der Waals surface area contributed by atoms with Gasteiger partial charge in [-0.2, -0.15) is 0 Å². The van der Waals surface area contributed by atoms with E-state index in [0.29, 0.717) is 12.6 Å². The first-order valence-corrected chi connectivity index (χ1v) is 7.90. The molecule has 112 valence electrons. The molecule has 1 aliphatic carbocycles. The average molecular weight is 285 g/mol. The lowest BCUT2D eigenvalue weighted by Gasteiger charge is -2.23. The van der Waals surface area contributed by atoms with Crippen LogP contribution in [0, 0.1) is 0 Å². The molecule has 0 bridgehead atoms. The summed E-state index contributed by atoms with van der Waals surface area (Å²) in [5, 5.41) is 3.59. The Morgan fingerprint density at radius 3 is 2.95 bits per heavy atom. The van der Waals surface area contributed by atoms with E-state index < -0.39 is 0 Å². The molecule has 3 rings (SSSR count). The maximum Gasteiger partial charge on any atom is 0.207 e. The minimum atomic E-state index is 0.551. The quantitative estimate of drug-likeness (QED) is 0.902. The van der Waals surface area contributed by atoms with E-state index in [-0.39, 0.29) is 0 Å². The molecule has 0 aliphatic heterocycles. The van der Waals surface area contributed by atoms with Crippen LogP contribution in [0.15, 0.2) is 36.7 Å². The van der Waals surface area contributed by atoms with Crippen molar-refractivity contribution in [2.45, 2.75) is 45.1 Å². The molecule has 1 N–H and O–H groups in total. The van der Waals surface area contributed by atoms with Crippen LogP contribution in [0.2, 0.25) is 0 Å². The highest BCUT2D eigenvalue weighted by Crippen LogP contribution is 2.24. The Bertz CT molecular complexity index is 573. The number of anilines is 1. The lowest BCUT2D eigenvalue weighted by atomic mass is 9.96. The van der Waals surface area contributed by atoms with Gasteiger partial charge in [0, 0.05) is 24.5 Å². The Labute approximate surface area is 126 Å². The monoisotopic (exact) mass is 285 g/mol. The van der Waals surface area contributed by atoms with Crippen molar-refractivity contribution in [2.75, 3.05) is 11.9 Å². The first-order valence-electron chi connectivity index (χ1n) is 7.90. The second-order valence-corrected chi connectivity index (χ2v) is 5.53. The van der Waals surface area contributed by atoms with Crippen LogP contribution >= 0.6 is 0 Å². The third-order valence-corrected chi connectivity index (χ3v) is 3.99. The minimum Gasteiger partial charge on any atom is -0.494 e. The maximum absolute atomic E-state index is 5.58. The molecule has 1 aliphatic rings. The molecule has 1 aromatic carbocycles. The summed E-state index contributed by atoms with van der Waals surface area (Å²) in [6.07, 6.45) is 10.3. The first-order chi connectivity index (χ1) is 10.4. The van der Waals surface area contributed by atoms with Gasteiger partial charge in [0.15, 0.2) is 0 Å². The van der Waals surface area contributed by atoms with Crippen LogP contribution in [-0.4, -0.2) is 22.2 Å². The fraction of sp³-hybridized carbons (Fsp3) is 0.471. The van der Waals surface area contributed by atoms with E-state index in [1.807, 2.05) is 31.5 Å². The van der Waals surface area contributed by atoms with Crippen molar-refractivity contribution in [2.24, 2.45) is 0 Å². The molecule has 1 saturated carbocycles. The molecule has 2 aromatic rings. The van der Waals surface area contributed by atoms with Gasteiger partial charge in [0.2, 0.25) is 5.95 Å². The highest BCUT2D eigenvalue weighted by Gasteiger charge is 2.15. The fourth-order valence-electron chi connectivity index (χ4n) is 2.94. The molecule has 0 unspecified atom stereocenters. The summed E-state index contributed by atoms with van der Waals surface area (Å²) in [5.74, 6) is 1.82. The standard InChI is InChI=1S/C17H23N3O/c1-2-21-16-10-6-9-15(13-16)20-12-11-18-17(20)19-14-7-4-3-5-8-14/h6,9-14H,2-5,7-8H2,1H3,(H,18,19). The Balaban J connectivity index is 1.79. The average Bonchev–Trinajstić information content (AvgIpc) is 2.97. The summed E-state index contributed by atoms with van der Waals surface area (Å²) in [7, 11) is 0. The number of nitrogens with one attached hydrogen (secondary N) is 1. The van der Waals surface area contributed by atoms with E-state index in [0.717, 1.165) is 17.4 Å². The fourth-order valence-corrected chi connectivity index (χ4v) is 2.94. The molecule has 1 fully saturated rings. The van der Waals surface area contributed by atoms with E-state index >= 15 is 0 Å². The molecule has 0 spiro atoms. The van der Waals surface area contributed by atoms with E-state index in [9.17, 15) is 0 Å². The van der Waals surface area contributed by atoms with Crippen molar-refractivity contribution in [3.63, 3.8) is 0 Å². The van der Waals surface area contributed by atoms with Gasteiger partial charge in [-0.05, 0) is 31.9 Å². The van der Waals surface area contributed by atoms with Crippen LogP contribution in [0.3, 0.4) is 0 Å². The number of aromatic nitrogens is 2. The number of nitrogens with zero attached hydrogens (tertiary/aromatic N) is 2. The lowest BCUT2D eigenvalue weighted by molar-refractivity contribution is 0.340. The predicted octanol–water partition coefficient (Wildman–Crippen LogP) is 4.02. The van der Waals surface area contributed by atoms with Gasteiger partial charge in [-0.15, -0.1) is 0 Å². The Morgan fingerprint density at radius 1 is 1.29 bits per heavy atom. The molecular formula is C17H23N3O. The van der Waals surface area contributed by atoms with E-state index in [2.05, 4.69) is 27.0 Å². The van der Waals surface area contributed by atoms with Crippen molar-refractivity contribution in [1.82, 2.24) is 9.55 Å². The molecule has 0 atom stereocenters. The van der Waals surface area contributed by atoms with Crippen molar-refractivity contribution < 1.29 is 4.74 Å². The lowest BCUT2D eigenvalue weighted by Crippen LogP contribution is -2.24. The molecule has 0 amide bonds. The van der Waals surface area contributed by atoms with Crippen LogP contribution in [0.4, 0.5) is 5.95 Å². The third-order valence-electron chi connectivity index (χ3n) is 3.99. The Kier molecular flexibility index (Phi) is 4.43. The zero-order valence-corrected chi connectivity index (χ0v) is 12.6. The molecule has 0 radical (unpaired) electrons. The highest BCUT2D eigenvalue weighted by molar-refractivity contribution is 5.45. The number of ether oxygens (including phenoxy) is 1. The molecule has 1 heterocycles. The van der Waals surface area contributed by atoms with Gasteiger partial charge in [0.05, 0.1) is 12.3 Å². The second-order valence-electron chi connectivity index (χ2n) is 5.53. The van der Waals surface area contributed by atoms with E-state index in [1.165, 1.54) is 32.1 Å². The molecule has 0 saturated heterocycles. The summed E-state index contributed by atoms with van der Waals surface area (Å²) < 4.78 is 7.67. The summed E-state index contributed by atoms with van der Waals surface area (Å²) >= 11 is 0. The SMILES string of the molecule is CCOc1cccc(-n2ccnc2NC2CCCCC2)c1. The number of hydrogen-bond donors (Lipinski definition) is 1. The van der Waals surface area contributed by atoms with E-state index in [1.54, 1.807) is 0 Å². The topological polar surface area (TPSA) is 39.1 Å². The second kappa shape index (κ2) is 6.66. The molecule has 21 heavy (non-hydrogen) atoms. The number of hydrogen-bond acceptors (Lipinski definition) is 3. The van der Waals surface area contributed by atoms with Gasteiger partial charge in [0.1, 0.15) is 5.75 Å². The van der Waals surface area contributed by atoms with Gasteiger partial charge < -0.3 is 10.1 Å². The Hall–Kier alpha value is -1.97. The highest BCUT2D eigenvalue weighted by atomic mass is 16.5. The van der Waals surface area contributed by atoms with Crippen molar-refractivity contribution in [3.05, 3.63) is 36.7 Å². The van der Waals surface area contributed by atoms with Crippen LogP contribution in [-0.2, 0) is 0 Å². The van der Waals surface area contributed by atoms with Gasteiger partial charge in [-0.3, -0.25) is 4.57 Å². The van der Waals surface area contributed by atoms with Crippen LogP contribution in [0.5, 0.6) is 5.75 Å². The van der Waals surface area contributed by atoms with Gasteiger partial charge in [0.25, 0.3) is 0 Å². The van der Waals surface area contributed by atoms with Crippen LogP contribution in [0.1, 0.15) is 39.0 Å². The van der Waals surface area contributed by atoms with Crippen molar-refractivity contribution >= 4 is 5.95 Å². The zero-order chi connectivity index (χ0) is 14.5. The van der Waals surface area contributed by atoms with Crippen LogP contribution in [0.25, 0.3) is 5.69 Å². The minimum absolute atomic E-state index is 0.551. The zero-order valence-electron chi connectivity index (χ0n) is 12.6. The number of benzene rings is 1. The van der Waals surface area contributed by atoms with Gasteiger partial charge in [-0.1, -0.05) is 25.3 Å². The number of rotatable bonds is 5. The summed E-state index contributed by atoms with van der Waals surface area (Å²) in [4.78, 5) is 4.47. The normalized spacial score (nSPS) is 15.9.